The molecule has 8 heteroatoms. The van der Waals surface area contributed by atoms with Crippen LogP contribution in [0.3, 0.4) is 0 Å². The van der Waals surface area contributed by atoms with Crippen molar-refractivity contribution in [2.24, 2.45) is 0 Å². The van der Waals surface area contributed by atoms with E-state index in [2.05, 4.69) is 32.9 Å². The Morgan fingerprint density at radius 1 is 1.25 bits per heavy atom. The van der Waals surface area contributed by atoms with Crippen LogP contribution >= 0.6 is 28.3 Å². The van der Waals surface area contributed by atoms with Gasteiger partial charge in [-0.2, -0.15) is 0 Å². The highest BCUT2D eigenvalue weighted by Gasteiger charge is 2.17. The zero-order chi connectivity index (χ0) is 14.3. The van der Waals surface area contributed by atoms with Gasteiger partial charge in [0.2, 0.25) is 10.0 Å². The van der Waals surface area contributed by atoms with Gasteiger partial charge in [-0.05, 0) is 41.0 Å². The van der Waals surface area contributed by atoms with Crippen molar-refractivity contribution in [1.29, 1.82) is 0 Å². The van der Waals surface area contributed by atoms with Gasteiger partial charge in [0.1, 0.15) is 5.75 Å². The molecule has 0 aliphatic heterocycles. The summed E-state index contributed by atoms with van der Waals surface area (Å²) in [7, 11) is -2.03. The molecule has 20 heavy (non-hydrogen) atoms. The minimum Gasteiger partial charge on any atom is -0.497 e. The number of halogens is 2. The zero-order valence-corrected chi connectivity index (χ0v) is 14.7. The molecule has 0 radical (unpaired) electrons. The number of sulfonamides is 1. The van der Waals surface area contributed by atoms with E-state index in [4.69, 9.17) is 4.74 Å². The maximum atomic E-state index is 12.1. The molecule has 0 atom stereocenters. The Balaban J connectivity index is 0.00000361. The molecule has 0 bridgehead atoms. The second-order valence-corrected chi connectivity index (χ2v) is 6.53. The molecule has 116 valence electrons. The summed E-state index contributed by atoms with van der Waals surface area (Å²) in [5.41, 5.74) is 0. The average Bonchev–Trinajstić information content (AvgIpc) is 2.39. The molecule has 1 rings (SSSR count). The summed E-state index contributed by atoms with van der Waals surface area (Å²) in [6.45, 7) is 3.90. The largest absolute Gasteiger partial charge is 0.497 e. The van der Waals surface area contributed by atoms with Crippen LogP contribution in [0, 0.1) is 0 Å². The molecular formula is C12H20BrClN2O3S. The van der Waals surface area contributed by atoms with Crippen LogP contribution in [0.5, 0.6) is 5.75 Å². The Bertz CT molecular complexity index is 511. The lowest BCUT2D eigenvalue weighted by atomic mass is 10.3. The predicted molar refractivity (Wildman–Crippen MR) is 86.3 cm³/mol. The first-order valence-electron chi connectivity index (χ1n) is 6.05. The maximum absolute atomic E-state index is 12.1. The molecule has 0 aliphatic carbocycles. The Labute approximate surface area is 135 Å². The van der Waals surface area contributed by atoms with Crippen LogP contribution in [0.15, 0.2) is 27.6 Å². The van der Waals surface area contributed by atoms with Crippen LogP contribution in [0.4, 0.5) is 0 Å². The number of methoxy groups -OCH3 is 1. The molecule has 0 aromatic heterocycles. The summed E-state index contributed by atoms with van der Waals surface area (Å²) in [4.78, 5) is 0.183. The Hall–Kier alpha value is -0.340. The van der Waals surface area contributed by atoms with Gasteiger partial charge in [0.25, 0.3) is 0 Å². The highest BCUT2D eigenvalue weighted by atomic mass is 79.9. The second kappa shape index (κ2) is 9.57. The molecule has 0 unspecified atom stereocenters. The van der Waals surface area contributed by atoms with E-state index >= 15 is 0 Å². The Morgan fingerprint density at radius 3 is 2.55 bits per heavy atom. The molecule has 0 spiro atoms. The van der Waals surface area contributed by atoms with E-state index in [0.717, 1.165) is 13.0 Å². The zero-order valence-electron chi connectivity index (χ0n) is 11.5. The van der Waals surface area contributed by atoms with Gasteiger partial charge in [0, 0.05) is 23.6 Å². The summed E-state index contributed by atoms with van der Waals surface area (Å²) >= 11 is 3.24. The number of rotatable bonds is 8. The van der Waals surface area contributed by atoms with Gasteiger partial charge in [-0.15, -0.1) is 12.4 Å². The van der Waals surface area contributed by atoms with Gasteiger partial charge in [-0.1, -0.05) is 6.92 Å². The normalized spacial score (nSPS) is 10.9. The third-order valence-electron chi connectivity index (χ3n) is 2.45. The molecule has 0 fully saturated rings. The summed E-state index contributed by atoms with van der Waals surface area (Å²) < 4.78 is 32.4. The predicted octanol–water partition coefficient (Wildman–Crippen LogP) is 2.16. The molecule has 0 aliphatic rings. The fourth-order valence-corrected chi connectivity index (χ4v) is 3.48. The van der Waals surface area contributed by atoms with E-state index in [0.29, 0.717) is 23.3 Å². The van der Waals surface area contributed by atoms with Crippen LogP contribution in [0.1, 0.15) is 13.3 Å². The molecule has 1 aromatic carbocycles. The van der Waals surface area contributed by atoms with Crippen LogP contribution < -0.4 is 14.8 Å². The lowest BCUT2D eigenvalue weighted by molar-refractivity contribution is 0.413. The number of benzene rings is 1. The summed E-state index contributed by atoms with van der Waals surface area (Å²) in [5.74, 6) is 0.507. The molecule has 0 amide bonds. The van der Waals surface area contributed by atoms with Crippen LogP contribution in [-0.2, 0) is 10.0 Å². The monoisotopic (exact) mass is 386 g/mol. The number of ether oxygens (including phenoxy) is 1. The third-order valence-corrected chi connectivity index (χ3v) is 4.90. The van der Waals surface area contributed by atoms with Crippen LogP contribution in [0.2, 0.25) is 0 Å². The third kappa shape index (κ3) is 5.97. The van der Waals surface area contributed by atoms with Crippen molar-refractivity contribution in [2.75, 3.05) is 26.7 Å². The van der Waals surface area contributed by atoms with Crippen molar-refractivity contribution in [3.05, 3.63) is 22.7 Å². The molecule has 1 aromatic rings. The highest BCUT2D eigenvalue weighted by molar-refractivity contribution is 9.10. The summed E-state index contributed by atoms with van der Waals surface area (Å²) in [6.07, 6.45) is 1.02. The van der Waals surface area contributed by atoms with Crippen molar-refractivity contribution < 1.29 is 13.2 Å². The fourth-order valence-electron chi connectivity index (χ4n) is 1.47. The van der Waals surface area contributed by atoms with Crippen molar-refractivity contribution in [3.8, 4) is 5.75 Å². The van der Waals surface area contributed by atoms with E-state index in [-0.39, 0.29) is 17.3 Å². The maximum Gasteiger partial charge on any atom is 0.241 e. The number of nitrogens with one attached hydrogen (secondary N) is 2. The van der Waals surface area contributed by atoms with Gasteiger partial charge in [-0.3, -0.25) is 0 Å². The highest BCUT2D eigenvalue weighted by Crippen LogP contribution is 2.26. The van der Waals surface area contributed by atoms with Gasteiger partial charge < -0.3 is 10.1 Å². The van der Waals surface area contributed by atoms with E-state index < -0.39 is 10.0 Å². The topological polar surface area (TPSA) is 67.4 Å². The summed E-state index contributed by atoms with van der Waals surface area (Å²) in [5, 5.41) is 3.13. The lowest BCUT2D eigenvalue weighted by Gasteiger charge is -2.10. The van der Waals surface area contributed by atoms with E-state index in [1.807, 2.05) is 0 Å². The minimum atomic E-state index is -3.53. The molecular weight excluding hydrogens is 368 g/mol. The molecule has 0 saturated carbocycles. The standard InChI is InChI=1S/C12H19BrN2O3S.ClH/c1-3-6-14-7-8-15-19(16,17)12-9-10(18-2)4-5-11(12)13;/h4-5,9,14-15H,3,6-8H2,1-2H3;1H. The van der Waals surface area contributed by atoms with Gasteiger partial charge in [-0.25, -0.2) is 13.1 Å². The molecule has 0 saturated heterocycles. The molecule has 2 N–H and O–H groups in total. The smallest absolute Gasteiger partial charge is 0.241 e. The van der Waals surface area contributed by atoms with Crippen LogP contribution in [0.25, 0.3) is 0 Å². The fraction of sp³-hybridized carbons (Fsp3) is 0.500. The first-order chi connectivity index (χ1) is 9.01. The van der Waals surface area contributed by atoms with Gasteiger partial charge in [0.15, 0.2) is 0 Å². The number of hydrogen-bond acceptors (Lipinski definition) is 4. The quantitative estimate of drug-likeness (QED) is 0.671. The second-order valence-electron chi connectivity index (χ2n) is 3.94. The van der Waals surface area contributed by atoms with Gasteiger partial charge >= 0.3 is 0 Å². The first-order valence-corrected chi connectivity index (χ1v) is 8.32. The van der Waals surface area contributed by atoms with E-state index in [1.54, 1.807) is 12.1 Å². The Morgan fingerprint density at radius 2 is 1.95 bits per heavy atom. The first kappa shape index (κ1) is 19.7. The molecule has 5 nitrogen and oxygen atoms in total. The summed E-state index contributed by atoms with van der Waals surface area (Å²) in [6, 6.07) is 4.85. The Kier molecular flexibility index (Phi) is 9.41. The van der Waals surface area contributed by atoms with Gasteiger partial charge in [0.05, 0.1) is 12.0 Å². The SMILES string of the molecule is CCCNCCNS(=O)(=O)c1cc(OC)ccc1Br.Cl. The van der Waals surface area contributed by atoms with E-state index in [9.17, 15) is 8.42 Å². The van der Waals surface area contributed by atoms with Crippen LogP contribution in [-0.4, -0.2) is 35.2 Å². The van der Waals surface area contributed by atoms with Crippen molar-refractivity contribution >= 4 is 38.4 Å². The van der Waals surface area contributed by atoms with Crippen molar-refractivity contribution in [3.63, 3.8) is 0 Å². The average molecular weight is 388 g/mol. The van der Waals surface area contributed by atoms with E-state index in [1.165, 1.54) is 13.2 Å². The van der Waals surface area contributed by atoms with Crippen molar-refractivity contribution in [2.45, 2.75) is 18.2 Å². The lowest BCUT2D eigenvalue weighted by Crippen LogP contribution is -2.32. The molecule has 0 heterocycles. The van der Waals surface area contributed by atoms with Crippen molar-refractivity contribution in [1.82, 2.24) is 10.0 Å². The minimum absolute atomic E-state index is 0. The number of hydrogen-bond donors (Lipinski definition) is 2.